The molecule has 0 unspecified atom stereocenters. The lowest BCUT2D eigenvalue weighted by Gasteiger charge is -2.25. The van der Waals surface area contributed by atoms with E-state index >= 15 is 0 Å². The standard InChI is InChI=1S/C19H21BrClN3O5S/c1-29-11-12-5-4-10-24(12)30(27,28)18-14(21)8-9-16(17(18)25)23-19(26)22-15-7-3-2-6-13(15)20/h2-3,6-9,12,25H,4-5,10-11H2,1H3,(H2,22,23,26)/t12-/m0/s1. The van der Waals surface area contributed by atoms with Gasteiger partial charge in [0.2, 0.25) is 10.0 Å². The van der Waals surface area contributed by atoms with Gasteiger partial charge in [0.25, 0.3) is 0 Å². The smallest absolute Gasteiger partial charge is 0.323 e. The molecule has 11 heteroatoms. The number of phenols is 1. The van der Waals surface area contributed by atoms with Crippen molar-refractivity contribution in [2.24, 2.45) is 0 Å². The molecule has 2 amide bonds. The Morgan fingerprint density at radius 3 is 2.67 bits per heavy atom. The summed E-state index contributed by atoms with van der Waals surface area (Å²) in [5, 5.41) is 15.6. The van der Waals surface area contributed by atoms with E-state index < -0.39 is 26.7 Å². The lowest BCUT2D eigenvalue weighted by atomic mass is 10.2. The molecule has 1 heterocycles. The first-order valence-corrected chi connectivity index (χ1v) is 11.7. The zero-order chi connectivity index (χ0) is 21.9. The fourth-order valence-electron chi connectivity index (χ4n) is 3.33. The van der Waals surface area contributed by atoms with Crippen LogP contribution < -0.4 is 10.6 Å². The average molecular weight is 519 g/mol. The molecule has 1 atom stereocenters. The number of urea groups is 1. The van der Waals surface area contributed by atoms with Crippen molar-refractivity contribution in [3.63, 3.8) is 0 Å². The largest absolute Gasteiger partial charge is 0.504 e. The second-order valence-corrected chi connectivity index (χ2v) is 9.79. The summed E-state index contributed by atoms with van der Waals surface area (Å²) in [5.74, 6) is -0.618. The van der Waals surface area contributed by atoms with Crippen molar-refractivity contribution in [3.05, 3.63) is 45.9 Å². The van der Waals surface area contributed by atoms with Gasteiger partial charge in [-0.1, -0.05) is 23.7 Å². The zero-order valence-electron chi connectivity index (χ0n) is 16.1. The summed E-state index contributed by atoms with van der Waals surface area (Å²) in [7, 11) is -2.60. The van der Waals surface area contributed by atoms with Crippen LogP contribution in [0.3, 0.4) is 0 Å². The second kappa shape index (κ2) is 9.52. The van der Waals surface area contributed by atoms with Crippen molar-refractivity contribution in [3.8, 4) is 5.75 Å². The third-order valence-corrected chi connectivity index (χ3v) is 7.85. The van der Waals surface area contributed by atoms with E-state index in [1.807, 2.05) is 0 Å². The van der Waals surface area contributed by atoms with Crippen LogP contribution in [0, 0.1) is 0 Å². The Hall–Kier alpha value is -1.85. The van der Waals surface area contributed by atoms with Gasteiger partial charge in [-0.2, -0.15) is 4.31 Å². The number of sulfonamides is 1. The monoisotopic (exact) mass is 517 g/mol. The summed E-state index contributed by atoms with van der Waals surface area (Å²) in [5.41, 5.74) is 0.431. The van der Waals surface area contributed by atoms with Crippen molar-refractivity contribution < 1.29 is 23.1 Å². The van der Waals surface area contributed by atoms with E-state index in [2.05, 4.69) is 26.6 Å². The molecule has 0 aromatic heterocycles. The molecule has 3 rings (SSSR count). The van der Waals surface area contributed by atoms with Crippen molar-refractivity contribution in [2.75, 3.05) is 30.9 Å². The van der Waals surface area contributed by atoms with Gasteiger partial charge in [-0.25, -0.2) is 13.2 Å². The minimum atomic E-state index is -4.10. The Morgan fingerprint density at radius 2 is 1.97 bits per heavy atom. The van der Waals surface area contributed by atoms with Crippen molar-refractivity contribution in [2.45, 2.75) is 23.8 Å². The maximum absolute atomic E-state index is 13.2. The van der Waals surface area contributed by atoms with Gasteiger partial charge in [-0.05, 0) is 53.0 Å². The Kier molecular flexibility index (Phi) is 7.25. The summed E-state index contributed by atoms with van der Waals surface area (Å²) in [6.07, 6.45) is 1.33. The minimum Gasteiger partial charge on any atom is -0.504 e. The number of halogens is 2. The Balaban J connectivity index is 1.88. The van der Waals surface area contributed by atoms with Gasteiger partial charge in [0.1, 0.15) is 4.90 Å². The van der Waals surface area contributed by atoms with E-state index in [-0.39, 0.29) is 23.4 Å². The summed E-state index contributed by atoms with van der Waals surface area (Å²) < 4.78 is 33.5. The quantitative estimate of drug-likeness (QED) is 0.496. The lowest BCUT2D eigenvalue weighted by Crippen LogP contribution is -2.38. The predicted molar refractivity (Wildman–Crippen MR) is 119 cm³/mol. The van der Waals surface area contributed by atoms with Crippen LogP contribution >= 0.6 is 27.5 Å². The number of benzene rings is 2. The summed E-state index contributed by atoms with van der Waals surface area (Å²) in [6.45, 7) is 0.538. The van der Waals surface area contributed by atoms with E-state index in [4.69, 9.17) is 16.3 Å². The number of amides is 2. The maximum Gasteiger partial charge on any atom is 0.323 e. The molecular weight excluding hydrogens is 498 g/mol. The van der Waals surface area contributed by atoms with Crippen LogP contribution in [0.2, 0.25) is 5.02 Å². The van der Waals surface area contributed by atoms with Crippen molar-refractivity contribution >= 4 is 55.0 Å². The number of ether oxygens (including phenoxy) is 1. The van der Waals surface area contributed by atoms with Gasteiger partial charge >= 0.3 is 6.03 Å². The van der Waals surface area contributed by atoms with Crippen LogP contribution in [0.15, 0.2) is 45.8 Å². The molecule has 2 aromatic rings. The molecule has 0 radical (unpaired) electrons. The number of hydrogen-bond donors (Lipinski definition) is 3. The molecule has 1 fully saturated rings. The van der Waals surface area contributed by atoms with Crippen LogP contribution in [-0.4, -0.2) is 50.2 Å². The van der Waals surface area contributed by atoms with Crippen LogP contribution in [0.25, 0.3) is 0 Å². The molecule has 1 aliphatic heterocycles. The highest BCUT2D eigenvalue weighted by molar-refractivity contribution is 9.10. The number of hydrogen-bond acceptors (Lipinski definition) is 5. The van der Waals surface area contributed by atoms with Crippen molar-refractivity contribution in [1.29, 1.82) is 0 Å². The summed E-state index contributed by atoms with van der Waals surface area (Å²) >= 11 is 9.47. The van der Waals surface area contributed by atoms with E-state index in [1.165, 1.54) is 23.5 Å². The first-order valence-electron chi connectivity index (χ1n) is 9.10. The maximum atomic E-state index is 13.2. The Labute approximate surface area is 188 Å². The number of nitrogens with one attached hydrogen (secondary N) is 2. The number of anilines is 2. The number of methoxy groups -OCH3 is 1. The first kappa shape index (κ1) is 22.8. The fourth-order valence-corrected chi connectivity index (χ4v) is 5.99. The Bertz CT molecular complexity index is 1050. The van der Waals surface area contributed by atoms with Crippen molar-refractivity contribution in [1.82, 2.24) is 4.31 Å². The predicted octanol–water partition coefficient (Wildman–Crippen LogP) is 4.25. The van der Waals surface area contributed by atoms with Crippen LogP contribution in [0.5, 0.6) is 5.75 Å². The van der Waals surface area contributed by atoms with E-state index in [0.717, 1.165) is 0 Å². The zero-order valence-corrected chi connectivity index (χ0v) is 19.2. The van der Waals surface area contributed by atoms with Crippen LogP contribution in [-0.2, 0) is 14.8 Å². The number of rotatable bonds is 6. The highest BCUT2D eigenvalue weighted by Gasteiger charge is 2.38. The molecule has 0 saturated carbocycles. The third-order valence-electron chi connectivity index (χ3n) is 4.70. The van der Waals surface area contributed by atoms with Gasteiger partial charge < -0.3 is 20.5 Å². The summed E-state index contributed by atoms with van der Waals surface area (Å²) in [4.78, 5) is 11.9. The molecule has 2 aromatic carbocycles. The SMILES string of the molecule is COC[C@@H]1CCCN1S(=O)(=O)c1c(Cl)ccc(NC(=O)Nc2ccccc2Br)c1O. The molecular formula is C19H21BrClN3O5S. The highest BCUT2D eigenvalue weighted by Crippen LogP contribution is 2.40. The van der Waals surface area contributed by atoms with Crippen LogP contribution in [0.4, 0.5) is 16.2 Å². The molecule has 3 N–H and O–H groups in total. The Morgan fingerprint density at radius 1 is 1.27 bits per heavy atom. The number of nitrogens with zero attached hydrogens (tertiary/aromatic N) is 1. The van der Waals surface area contributed by atoms with Gasteiger partial charge in [-0.3, -0.25) is 0 Å². The molecule has 1 aliphatic rings. The minimum absolute atomic E-state index is 0.0787. The highest BCUT2D eigenvalue weighted by atomic mass is 79.9. The third kappa shape index (κ3) is 4.73. The van der Waals surface area contributed by atoms with E-state index in [9.17, 15) is 18.3 Å². The molecule has 8 nitrogen and oxygen atoms in total. The molecule has 0 aliphatic carbocycles. The van der Waals surface area contributed by atoms with Gasteiger partial charge in [0, 0.05) is 24.2 Å². The molecule has 0 bridgehead atoms. The summed E-state index contributed by atoms with van der Waals surface area (Å²) in [6, 6.07) is 8.65. The molecule has 162 valence electrons. The number of para-hydroxylation sites is 1. The number of carbonyl (C=O) groups excluding carboxylic acids is 1. The van der Waals surface area contributed by atoms with Gasteiger partial charge in [-0.15, -0.1) is 0 Å². The van der Waals surface area contributed by atoms with Crippen LogP contribution in [0.1, 0.15) is 12.8 Å². The molecule has 1 saturated heterocycles. The second-order valence-electron chi connectivity index (χ2n) is 6.70. The number of carbonyl (C=O) groups is 1. The molecule has 0 spiro atoms. The average Bonchev–Trinajstić information content (AvgIpc) is 3.15. The van der Waals surface area contributed by atoms with E-state index in [1.54, 1.807) is 24.3 Å². The van der Waals surface area contributed by atoms with E-state index in [0.29, 0.717) is 29.5 Å². The first-order chi connectivity index (χ1) is 14.3. The van der Waals surface area contributed by atoms with Gasteiger partial charge in [0.15, 0.2) is 5.75 Å². The number of aromatic hydroxyl groups is 1. The lowest BCUT2D eigenvalue weighted by molar-refractivity contribution is 0.149. The number of phenolic OH excluding ortho intramolecular Hbond substituents is 1. The topological polar surface area (TPSA) is 108 Å². The molecule has 30 heavy (non-hydrogen) atoms. The van der Waals surface area contributed by atoms with Gasteiger partial charge in [0.05, 0.1) is 23.0 Å². The normalized spacial score (nSPS) is 17.1. The fraction of sp³-hybridized carbons (Fsp3) is 0.316.